The van der Waals surface area contributed by atoms with Gasteiger partial charge in [-0.25, -0.2) is 0 Å². The first-order chi connectivity index (χ1) is 11.0. The molecule has 1 amide bonds. The summed E-state index contributed by atoms with van der Waals surface area (Å²) in [6.07, 6.45) is 0.339. The van der Waals surface area contributed by atoms with E-state index in [9.17, 15) is 9.59 Å². The summed E-state index contributed by atoms with van der Waals surface area (Å²) in [5, 5.41) is 9.84. The van der Waals surface area contributed by atoms with Gasteiger partial charge in [0.15, 0.2) is 0 Å². The van der Waals surface area contributed by atoms with Crippen molar-refractivity contribution in [3.05, 3.63) is 64.1 Å². The maximum absolute atomic E-state index is 12.7. The fourth-order valence-corrected chi connectivity index (χ4v) is 2.44. The monoisotopic (exact) mass is 351 g/mol. The molecule has 23 heavy (non-hydrogen) atoms. The molecule has 0 unspecified atom stereocenters. The lowest BCUT2D eigenvalue weighted by atomic mass is 10.1. The molecule has 120 valence electrons. The van der Waals surface area contributed by atoms with E-state index in [1.165, 1.54) is 4.90 Å². The normalized spacial score (nSPS) is 10.3. The fraction of sp³-hybridized carbons (Fsp3) is 0.176. The molecule has 0 aliphatic carbocycles. The van der Waals surface area contributed by atoms with Crippen LogP contribution in [0.25, 0.3) is 0 Å². The van der Waals surface area contributed by atoms with Gasteiger partial charge in [0.1, 0.15) is 0 Å². The molecule has 0 saturated carbocycles. The SMILES string of the molecule is O=C(O)CCCN(C(=O)c1ccc(Cl)cc1)c1cccc(Cl)c1. The lowest BCUT2D eigenvalue weighted by Gasteiger charge is -2.23. The largest absolute Gasteiger partial charge is 0.481 e. The number of halogens is 2. The van der Waals surface area contributed by atoms with Crippen molar-refractivity contribution in [1.82, 2.24) is 0 Å². The van der Waals surface area contributed by atoms with E-state index < -0.39 is 5.97 Å². The van der Waals surface area contributed by atoms with Gasteiger partial charge in [-0.05, 0) is 48.9 Å². The summed E-state index contributed by atoms with van der Waals surface area (Å²) >= 11 is 11.8. The van der Waals surface area contributed by atoms with Gasteiger partial charge in [-0.2, -0.15) is 0 Å². The standard InChI is InChI=1S/C17H15Cl2NO3/c18-13-8-6-12(7-9-13)17(23)20(10-2-5-16(21)22)15-4-1-3-14(19)11-15/h1,3-4,6-9,11H,2,5,10H2,(H,21,22). The van der Waals surface area contributed by atoms with Crippen LogP contribution in [0.15, 0.2) is 48.5 Å². The Morgan fingerprint density at radius 1 is 1.00 bits per heavy atom. The average molecular weight is 352 g/mol. The highest BCUT2D eigenvalue weighted by atomic mass is 35.5. The number of carbonyl (C=O) groups is 2. The number of hydrogen-bond donors (Lipinski definition) is 1. The van der Waals surface area contributed by atoms with Crippen molar-refractivity contribution in [2.24, 2.45) is 0 Å². The van der Waals surface area contributed by atoms with Crippen LogP contribution in [0.4, 0.5) is 5.69 Å². The predicted octanol–water partition coefficient (Wildman–Crippen LogP) is 4.51. The summed E-state index contributed by atoms with van der Waals surface area (Å²) in [6.45, 7) is 0.286. The van der Waals surface area contributed by atoms with Crippen LogP contribution in [0.2, 0.25) is 10.0 Å². The van der Waals surface area contributed by atoms with E-state index in [4.69, 9.17) is 28.3 Å². The van der Waals surface area contributed by atoms with Crippen LogP contribution in [0.5, 0.6) is 0 Å². The van der Waals surface area contributed by atoms with Gasteiger partial charge in [-0.1, -0.05) is 29.3 Å². The molecule has 0 radical (unpaired) electrons. The van der Waals surface area contributed by atoms with Crippen LogP contribution < -0.4 is 4.90 Å². The second kappa shape index (κ2) is 7.99. The van der Waals surface area contributed by atoms with Crippen molar-refractivity contribution < 1.29 is 14.7 Å². The molecule has 0 fully saturated rings. The molecule has 0 aromatic heterocycles. The number of rotatable bonds is 6. The number of amides is 1. The summed E-state index contributed by atoms with van der Waals surface area (Å²) in [6, 6.07) is 13.5. The zero-order valence-electron chi connectivity index (χ0n) is 12.2. The first kappa shape index (κ1) is 17.3. The van der Waals surface area contributed by atoms with Gasteiger partial charge in [0, 0.05) is 34.3 Å². The highest BCUT2D eigenvalue weighted by Gasteiger charge is 2.18. The molecule has 0 aliphatic heterocycles. The third-order valence-electron chi connectivity index (χ3n) is 3.23. The molecule has 0 bridgehead atoms. The number of nitrogens with zero attached hydrogens (tertiary/aromatic N) is 1. The number of carbonyl (C=O) groups excluding carboxylic acids is 1. The van der Waals surface area contributed by atoms with E-state index in [1.54, 1.807) is 48.5 Å². The van der Waals surface area contributed by atoms with E-state index in [1.807, 2.05) is 0 Å². The lowest BCUT2D eigenvalue weighted by molar-refractivity contribution is -0.137. The van der Waals surface area contributed by atoms with E-state index in [0.717, 1.165) is 0 Å². The van der Waals surface area contributed by atoms with Gasteiger partial charge in [-0.15, -0.1) is 0 Å². The predicted molar refractivity (Wildman–Crippen MR) is 91.5 cm³/mol. The average Bonchev–Trinajstić information content (AvgIpc) is 2.51. The molecule has 0 atom stereocenters. The van der Waals surface area contributed by atoms with Crippen molar-refractivity contribution in [2.75, 3.05) is 11.4 Å². The number of carboxylic acid groups (broad SMARTS) is 1. The Morgan fingerprint density at radius 2 is 1.70 bits per heavy atom. The minimum Gasteiger partial charge on any atom is -0.481 e. The highest BCUT2D eigenvalue weighted by molar-refractivity contribution is 6.31. The van der Waals surface area contributed by atoms with Crippen LogP contribution >= 0.6 is 23.2 Å². The minimum absolute atomic E-state index is 0.00896. The Hall–Kier alpha value is -2.04. The molecular formula is C17H15Cl2NO3. The van der Waals surface area contributed by atoms with Crippen molar-refractivity contribution in [3.63, 3.8) is 0 Å². The second-order valence-corrected chi connectivity index (χ2v) is 5.81. The van der Waals surface area contributed by atoms with Gasteiger partial charge >= 0.3 is 5.97 Å². The van der Waals surface area contributed by atoms with Crippen LogP contribution in [-0.4, -0.2) is 23.5 Å². The Kier molecular flexibility index (Phi) is 6.02. The Morgan fingerprint density at radius 3 is 2.30 bits per heavy atom. The van der Waals surface area contributed by atoms with E-state index in [-0.39, 0.29) is 18.9 Å². The molecule has 0 saturated heterocycles. The third-order valence-corrected chi connectivity index (χ3v) is 3.72. The molecular weight excluding hydrogens is 337 g/mol. The minimum atomic E-state index is -0.894. The van der Waals surface area contributed by atoms with Crippen LogP contribution in [-0.2, 0) is 4.79 Å². The quantitative estimate of drug-likeness (QED) is 0.832. The van der Waals surface area contributed by atoms with Crippen molar-refractivity contribution in [1.29, 1.82) is 0 Å². The van der Waals surface area contributed by atoms with Crippen LogP contribution in [0, 0.1) is 0 Å². The molecule has 1 N–H and O–H groups in total. The zero-order chi connectivity index (χ0) is 16.8. The lowest BCUT2D eigenvalue weighted by Crippen LogP contribution is -2.32. The van der Waals surface area contributed by atoms with Gasteiger partial charge < -0.3 is 10.0 Å². The van der Waals surface area contributed by atoms with Crippen LogP contribution in [0.1, 0.15) is 23.2 Å². The number of benzene rings is 2. The van der Waals surface area contributed by atoms with Crippen molar-refractivity contribution in [2.45, 2.75) is 12.8 Å². The van der Waals surface area contributed by atoms with Crippen LogP contribution in [0.3, 0.4) is 0 Å². The molecule has 2 aromatic carbocycles. The molecule has 2 aromatic rings. The summed E-state index contributed by atoms with van der Waals surface area (Å²) in [5.41, 5.74) is 1.10. The molecule has 2 rings (SSSR count). The van der Waals surface area contributed by atoms with E-state index in [0.29, 0.717) is 27.7 Å². The molecule has 4 nitrogen and oxygen atoms in total. The topological polar surface area (TPSA) is 57.6 Å². The maximum atomic E-state index is 12.7. The zero-order valence-corrected chi connectivity index (χ0v) is 13.7. The number of hydrogen-bond acceptors (Lipinski definition) is 2. The van der Waals surface area contributed by atoms with Gasteiger partial charge in [0.05, 0.1) is 0 Å². The molecule has 6 heteroatoms. The first-order valence-corrected chi connectivity index (χ1v) is 7.78. The third kappa shape index (κ3) is 4.98. The number of carboxylic acids is 1. The summed E-state index contributed by atoms with van der Waals surface area (Å²) < 4.78 is 0. The van der Waals surface area contributed by atoms with Gasteiger partial charge in [0.2, 0.25) is 0 Å². The summed E-state index contributed by atoms with van der Waals surface area (Å²) in [5.74, 6) is -1.12. The van der Waals surface area contributed by atoms with E-state index >= 15 is 0 Å². The first-order valence-electron chi connectivity index (χ1n) is 7.02. The Bertz CT molecular complexity index is 701. The maximum Gasteiger partial charge on any atom is 0.303 e. The van der Waals surface area contributed by atoms with Gasteiger partial charge in [-0.3, -0.25) is 9.59 Å². The van der Waals surface area contributed by atoms with Crippen molar-refractivity contribution in [3.8, 4) is 0 Å². The second-order valence-electron chi connectivity index (χ2n) is 4.94. The Labute approximate surface area is 144 Å². The van der Waals surface area contributed by atoms with Crippen molar-refractivity contribution >= 4 is 40.8 Å². The number of aliphatic carboxylic acids is 1. The number of anilines is 1. The molecule has 0 heterocycles. The molecule has 0 spiro atoms. The van der Waals surface area contributed by atoms with E-state index in [2.05, 4.69) is 0 Å². The summed E-state index contributed by atoms with van der Waals surface area (Å²) in [7, 11) is 0. The Balaban J connectivity index is 2.26. The molecule has 0 aliphatic rings. The van der Waals surface area contributed by atoms with Gasteiger partial charge in [0.25, 0.3) is 5.91 Å². The highest BCUT2D eigenvalue weighted by Crippen LogP contribution is 2.22. The smallest absolute Gasteiger partial charge is 0.303 e. The fourth-order valence-electron chi connectivity index (χ4n) is 2.13. The summed E-state index contributed by atoms with van der Waals surface area (Å²) in [4.78, 5) is 25.0.